The summed E-state index contributed by atoms with van der Waals surface area (Å²) in [6.07, 6.45) is -0.0124. The molecule has 0 fully saturated rings. The highest BCUT2D eigenvalue weighted by molar-refractivity contribution is 6.31. The zero-order chi connectivity index (χ0) is 20.1. The molecule has 3 aromatic rings. The number of hydrogen-bond acceptors (Lipinski definition) is 3. The lowest BCUT2D eigenvalue weighted by atomic mass is 10.1. The predicted molar refractivity (Wildman–Crippen MR) is 102 cm³/mol. The fourth-order valence-corrected chi connectivity index (χ4v) is 2.66. The monoisotopic (exact) mass is 406 g/mol. The SMILES string of the molecule is O=C(/C=C/c1cccc2cccnc12)Nc1cc(Cl)ccc1OCC(F)(F)F. The highest BCUT2D eigenvalue weighted by Crippen LogP contribution is 2.29. The number of pyridine rings is 1. The summed E-state index contributed by atoms with van der Waals surface area (Å²) < 4.78 is 41.9. The molecule has 28 heavy (non-hydrogen) atoms. The number of benzene rings is 2. The zero-order valence-corrected chi connectivity index (χ0v) is 15.1. The van der Waals surface area contributed by atoms with Crippen LogP contribution in [0.15, 0.2) is 60.8 Å². The van der Waals surface area contributed by atoms with Gasteiger partial charge in [0.15, 0.2) is 6.61 Å². The summed E-state index contributed by atoms with van der Waals surface area (Å²) in [5, 5.41) is 3.65. The lowest BCUT2D eigenvalue weighted by Gasteiger charge is -2.13. The van der Waals surface area contributed by atoms with Crippen molar-refractivity contribution in [1.82, 2.24) is 4.98 Å². The molecule has 0 bridgehead atoms. The number of para-hydroxylation sites is 1. The summed E-state index contributed by atoms with van der Waals surface area (Å²) in [6.45, 7) is -1.48. The Morgan fingerprint density at radius 1 is 1.18 bits per heavy atom. The van der Waals surface area contributed by atoms with Gasteiger partial charge in [0.1, 0.15) is 5.75 Å². The average molecular weight is 407 g/mol. The van der Waals surface area contributed by atoms with Crippen LogP contribution in [0.1, 0.15) is 5.56 Å². The van der Waals surface area contributed by atoms with Crippen LogP contribution < -0.4 is 10.1 Å². The third-order valence-corrected chi connectivity index (χ3v) is 3.90. The maximum absolute atomic E-state index is 12.4. The number of anilines is 1. The highest BCUT2D eigenvalue weighted by Gasteiger charge is 2.29. The molecule has 0 saturated heterocycles. The zero-order valence-electron chi connectivity index (χ0n) is 14.3. The van der Waals surface area contributed by atoms with E-state index >= 15 is 0 Å². The van der Waals surface area contributed by atoms with E-state index in [4.69, 9.17) is 16.3 Å². The number of rotatable bonds is 5. The number of carbonyl (C=O) groups is 1. The first-order valence-corrected chi connectivity index (χ1v) is 8.51. The molecule has 1 N–H and O–H groups in total. The van der Waals surface area contributed by atoms with Gasteiger partial charge in [-0.3, -0.25) is 9.78 Å². The molecule has 2 aromatic carbocycles. The Bertz CT molecular complexity index is 1030. The number of ether oxygens (including phenoxy) is 1. The number of amides is 1. The van der Waals surface area contributed by atoms with E-state index < -0.39 is 18.7 Å². The molecule has 0 radical (unpaired) electrons. The van der Waals surface area contributed by atoms with Crippen LogP contribution in [0.4, 0.5) is 18.9 Å². The van der Waals surface area contributed by atoms with Crippen LogP contribution in [-0.2, 0) is 4.79 Å². The molecule has 0 aliphatic rings. The lowest BCUT2D eigenvalue weighted by Crippen LogP contribution is -2.20. The molecule has 0 aliphatic carbocycles. The molecule has 3 rings (SSSR count). The van der Waals surface area contributed by atoms with Crippen molar-refractivity contribution in [2.24, 2.45) is 0 Å². The van der Waals surface area contributed by atoms with E-state index in [0.29, 0.717) is 0 Å². The molecule has 0 aliphatic heterocycles. The summed E-state index contributed by atoms with van der Waals surface area (Å²) in [5.74, 6) is -0.678. The normalized spacial score (nSPS) is 11.7. The molecular formula is C20H14ClF3N2O2. The lowest BCUT2D eigenvalue weighted by molar-refractivity contribution is -0.153. The van der Waals surface area contributed by atoms with Crippen LogP contribution in [0.2, 0.25) is 5.02 Å². The van der Waals surface area contributed by atoms with Crippen molar-refractivity contribution in [1.29, 1.82) is 0 Å². The number of nitrogens with one attached hydrogen (secondary N) is 1. The Balaban J connectivity index is 1.77. The molecule has 0 saturated carbocycles. The Morgan fingerprint density at radius 3 is 2.75 bits per heavy atom. The molecule has 4 nitrogen and oxygen atoms in total. The van der Waals surface area contributed by atoms with Gasteiger partial charge in [0, 0.05) is 28.2 Å². The van der Waals surface area contributed by atoms with Gasteiger partial charge in [-0.25, -0.2) is 0 Å². The average Bonchev–Trinajstić information content (AvgIpc) is 2.65. The van der Waals surface area contributed by atoms with Gasteiger partial charge in [-0.1, -0.05) is 35.9 Å². The molecule has 0 unspecified atom stereocenters. The summed E-state index contributed by atoms with van der Waals surface area (Å²) in [5.41, 5.74) is 1.50. The standard InChI is InChI=1S/C20H14ClF3N2O2/c21-15-7-8-17(28-12-20(22,23)24)16(11-15)26-18(27)9-6-14-4-1-3-13-5-2-10-25-19(13)14/h1-11H,12H2,(H,26,27)/b9-6+. The van der Waals surface area contributed by atoms with Gasteiger partial charge in [-0.05, 0) is 30.3 Å². The number of fused-ring (bicyclic) bond motifs is 1. The number of aromatic nitrogens is 1. The van der Waals surface area contributed by atoms with Gasteiger partial charge in [-0.15, -0.1) is 0 Å². The molecule has 144 valence electrons. The second-order valence-corrected chi connectivity index (χ2v) is 6.23. The van der Waals surface area contributed by atoms with Gasteiger partial charge >= 0.3 is 6.18 Å². The third kappa shape index (κ3) is 5.23. The number of hydrogen-bond donors (Lipinski definition) is 1. The smallest absolute Gasteiger partial charge is 0.422 e. The van der Waals surface area contributed by atoms with Gasteiger partial charge in [0.05, 0.1) is 11.2 Å². The minimum atomic E-state index is -4.50. The summed E-state index contributed by atoms with van der Waals surface area (Å²) in [6, 6.07) is 13.2. The Hall–Kier alpha value is -3.06. The second kappa shape index (κ2) is 8.31. The van der Waals surface area contributed by atoms with Crippen LogP contribution in [-0.4, -0.2) is 23.7 Å². The number of halogens is 4. The van der Waals surface area contributed by atoms with Crippen molar-refractivity contribution in [2.75, 3.05) is 11.9 Å². The van der Waals surface area contributed by atoms with Crippen molar-refractivity contribution in [3.8, 4) is 5.75 Å². The van der Waals surface area contributed by atoms with E-state index in [2.05, 4.69) is 10.3 Å². The quantitative estimate of drug-likeness (QED) is 0.571. The maximum Gasteiger partial charge on any atom is 0.422 e. The van der Waals surface area contributed by atoms with Crippen LogP contribution in [0.3, 0.4) is 0 Å². The van der Waals surface area contributed by atoms with E-state index in [1.165, 1.54) is 24.3 Å². The molecule has 0 spiro atoms. The van der Waals surface area contributed by atoms with Gasteiger partial charge in [0.25, 0.3) is 0 Å². The van der Waals surface area contributed by atoms with Crippen molar-refractivity contribution in [3.05, 3.63) is 71.4 Å². The van der Waals surface area contributed by atoms with Crippen LogP contribution in [0.5, 0.6) is 5.75 Å². The molecule has 8 heteroatoms. The minimum Gasteiger partial charge on any atom is -0.482 e. The first kappa shape index (κ1) is 19.7. The maximum atomic E-state index is 12.4. The fourth-order valence-electron chi connectivity index (χ4n) is 2.49. The first-order chi connectivity index (χ1) is 13.3. The molecule has 1 amide bonds. The third-order valence-electron chi connectivity index (χ3n) is 3.67. The summed E-state index contributed by atoms with van der Waals surface area (Å²) in [4.78, 5) is 16.5. The summed E-state index contributed by atoms with van der Waals surface area (Å²) in [7, 11) is 0. The Kier molecular flexibility index (Phi) is 5.84. The van der Waals surface area contributed by atoms with Crippen LogP contribution in [0, 0.1) is 0 Å². The fraction of sp³-hybridized carbons (Fsp3) is 0.100. The molecule has 0 atom stereocenters. The minimum absolute atomic E-state index is 0.0439. The highest BCUT2D eigenvalue weighted by atomic mass is 35.5. The Labute approximate surface area is 163 Å². The Morgan fingerprint density at radius 2 is 1.96 bits per heavy atom. The van der Waals surface area contributed by atoms with Crippen molar-refractivity contribution in [3.63, 3.8) is 0 Å². The van der Waals surface area contributed by atoms with E-state index in [1.54, 1.807) is 18.3 Å². The van der Waals surface area contributed by atoms with Crippen molar-refractivity contribution in [2.45, 2.75) is 6.18 Å². The second-order valence-electron chi connectivity index (χ2n) is 5.79. The largest absolute Gasteiger partial charge is 0.482 e. The number of nitrogens with zero attached hydrogens (tertiary/aromatic N) is 1. The molecular weight excluding hydrogens is 393 g/mol. The van der Waals surface area contributed by atoms with E-state index in [0.717, 1.165) is 16.5 Å². The van der Waals surface area contributed by atoms with E-state index in [-0.39, 0.29) is 16.5 Å². The van der Waals surface area contributed by atoms with Gasteiger partial charge in [-0.2, -0.15) is 13.2 Å². The predicted octanol–water partition coefficient (Wildman–Crippen LogP) is 5.48. The first-order valence-electron chi connectivity index (χ1n) is 8.14. The number of alkyl halides is 3. The van der Waals surface area contributed by atoms with Crippen LogP contribution in [0.25, 0.3) is 17.0 Å². The van der Waals surface area contributed by atoms with Crippen LogP contribution >= 0.6 is 11.6 Å². The van der Waals surface area contributed by atoms with Gasteiger partial charge in [0.2, 0.25) is 5.91 Å². The topological polar surface area (TPSA) is 51.2 Å². The van der Waals surface area contributed by atoms with Crippen molar-refractivity contribution >= 4 is 40.2 Å². The van der Waals surface area contributed by atoms with E-state index in [9.17, 15) is 18.0 Å². The molecule has 1 heterocycles. The molecule has 1 aromatic heterocycles. The van der Waals surface area contributed by atoms with Gasteiger partial charge < -0.3 is 10.1 Å². The van der Waals surface area contributed by atoms with Crippen molar-refractivity contribution < 1.29 is 22.7 Å². The van der Waals surface area contributed by atoms with E-state index in [1.807, 2.05) is 24.3 Å². The number of carbonyl (C=O) groups excluding carboxylic acids is 1. The summed E-state index contributed by atoms with van der Waals surface area (Å²) >= 11 is 5.87.